The fraction of sp³-hybridized carbons (Fsp3) is 0.860. The van der Waals surface area contributed by atoms with Crippen LogP contribution in [0.1, 0.15) is 245 Å². The molecule has 0 aromatic rings. The topological polar surface area (TPSA) is 179 Å². The molecule has 1 unspecified atom stereocenters. The Balaban J connectivity index is 4.18. The molecule has 0 spiro atoms. The molecule has 0 radical (unpaired) electrons. The molecule has 0 fully saturated rings. The van der Waals surface area contributed by atoms with Crippen molar-refractivity contribution in [1.82, 2.24) is 0 Å². The van der Waals surface area contributed by atoms with Crippen LogP contribution < -0.4 is 15.7 Å². The minimum Gasteiger partial charge on any atom is -0.756 e. The molecule has 0 aliphatic carbocycles. The van der Waals surface area contributed by atoms with Crippen LogP contribution in [0.2, 0.25) is 0 Å². The zero-order valence-corrected chi connectivity index (χ0v) is 40.7. The van der Waals surface area contributed by atoms with Gasteiger partial charge in [-0.05, 0) is 44.9 Å². The first-order valence-electron chi connectivity index (χ1n) is 25.4. The Morgan fingerprint density at radius 2 is 0.855 bits per heavy atom. The number of carboxylic acid groups (broad SMARTS) is 1. The number of rotatable bonds is 48. The maximum absolute atomic E-state index is 12.6. The average Bonchev–Trinajstić information content (AvgIpc) is 3.25. The van der Waals surface area contributed by atoms with Gasteiger partial charge in [0.1, 0.15) is 25.2 Å². The second-order valence-electron chi connectivity index (χ2n) is 17.4. The summed E-state index contributed by atoms with van der Waals surface area (Å²) in [6.45, 7) is 2.70. The summed E-state index contributed by atoms with van der Waals surface area (Å²) < 4.78 is 32.5. The average molecular weight is 899 g/mol. The van der Waals surface area contributed by atoms with E-state index in [2.05, 4.69) is 48.4 Å². The smallest absolute Gasteiger partial charge is 0.306 e. The lowest BCUT2D eigenvalue weighted by molar-refractivity contribution is -0.441. The zero-order valence-electron chi connectivity index (χ0n) is 39.8. The minimum atomic E-state index is -4.96. The summed E-state index contributed by atoms with van der Waals surface area (Å²) in [5.41, 5.74) is 3.25. The fourth-order valence-corrected chi connectivity index (χ4v) is 8.00. The number of phosphoric ester groups is 1. The molecule has 3 N–H and O–H groups in total. The van der Waals surface area contributed by atoms with Gasteiger partial charge in [-0.25, -0.2) is 0 Å². The van der Waals surface area contributed by atoms with Crippen molar-refractivity contribution in [3.05, 3.63) is 24.3 Å². The number of carbonyl (C=O) groups is 3. The van der Waals surface area contributed by atoms with E-state index in [0.29, 0.717) is 12.8 Å². The van der Waals surface area contributed by atoms with Crippen molar-refractivity contribution in [2.24, 2.45) is 0 Å². The second-order valence-corrected chi connectivity index (χ2v) is 18.8. The Hall–Kier alpha value is -2.04. The van der Waals surface area contributed by atoms with Crippen molar-refractivity contribution in [3.63, 3.8) is 0 Å². The summed E-state index contributed by atoms with van der Waals surface area (Å²) >= 11 is 0. The number of allylic oxidation sites excluding steroid dienone is 4. The van der Waals surface area contributed by atoms with E-state index < -0.39 is 51.1 Å². The van der Waals surface area contributed by atoms with E-state index in [4.69, 9.17) is 14.0 Å². The lowest BCUT2D eigenvalue weighted by Crippen LogP contribution is -2.70. The molecule has 0 aliphatic heterocycles. The van der Waals surface area contributed by atoms with Crippen molar-refractivity contribution >= 4 is 25.7 Å². The van der Waals surface area contributed by atoms with Gasteiger partial charge >= 0.3 is 11.9 Å². The summed E-state index contributed by atoms with van der Waals surface area (Å²) in [5, 5.41) is 10.9. The number of hydrogen-bond donors (Lipinski definition) is 1. The van der Waals surface area contributed by atoms with E-state index in [1.807, 2.05) is 0 Å². The van der Waals surface area contributed by atoms with Gasteiger partial charge < -0.3 is 39.0 Å². The largest absolute Gasteiger partial charge is 0.756 e. The summed E-state index contributed by atoms with van der Waals surface area (Å²) in [6.07, 6.45) is 49.4. The highest BCUT2D eigenvalue weighted by Gasteiger charge is 2.22. The maximum atomic E-state index is 12.6. The summed E-state index contributed by atoms with van der Waals surface area (Å²) in [4.78, 5) is 48.2. The molecule has 11 nitrogen and oxygen atoms in total. The highest BCUT2D eigenvalue weighted by atomic mass is 31.2. The highest BCUT2D eigenvalue weighted by Crippen LogP contribution is 2.38. The molecule has 3 atom stereocenters. The number of phosphoric acid groups is 1. The van der Waals surface area contributed by atoms with Crippen LogP contribution >= 0.6 is 7.82 Å². The number of unbranched alkanes of at least 4 members (excludes halogenated alkanes) is 30. The van der Waals surface area contributed by atoms with E-state index in [0.717, 1.165) is 64.2 Å². The van der Waals surface area contributed by atoms with Crippen LogP contribution in [-0.4, -0.2) is 49.9 Å². The molecule has 62 heavy (non-hydrogen) atoms. The highest BCUT2D eigenvalue weighted by molar-refractivity contribution is 7.45. The number of aliphatic carboxylic acids is 1. The standard InChI is InChI=1S/C50H94NO10P/c1-3-5-7-9-11-13-15-17-19-20-21-22-23-24-25-26-28-29-31-33-35-37-39-41-48(52)58-43-46(44-59-62(56,57)60-45-47(51)50(54)55)61-49(53)42-40-38-36-34-32-30-27-18-16-14-12-10-8-6-4-2/h12,14,18,27,46-47H,3-11,13,15-17,19-26,28-45,51H2,1-2H3,(H,54,55)(H,56,57)/p-1/b14-12-,27-18-/t46-,47+/m1/s1. The predicted molar refractivity (Wildman–Crippen MR) is 248 cm³/mol. The monoisotopic (exact) mass is 899 g/mol. The number of carboxylic acids is 1. The van der Waals surface area contributed by atoms with Crippen molar-refractivity contribution < 1.29 is 53.2 Å². The molecular weight excluding hydrogens is 806 g/mol. The van der Waals surface area contributed by atoms with Gasteiger partial charge in [-0.2, -0.15) is 0 Å². The third-order valence-electron chi connectivity index (χ3n) is 11.2. The third-order valence-corrected chi connectivity index (χ3v) is 12.2. The van der Waals surface area contributed by atoms with E-state index >= 15 is 0 Å². The SMILES string of the molecule is CCCCC/C=C\C/C=C\CCCCCCCC(=O)O[C@H](COC(=O)CCCCCCCCCCCCCCCCCCCCCCCCC)COP(=O)([O-])OC[C@H]([NH3+])C(=O)[O-]. The van der Waals surface area contributed by atoms with Crippen LogP contribution in [0.15, 0.2) is 24.3 Å². The molecule has 12 heteroatoms. The zero-order chi connectivity index (χ0) is 45.6. The lowest BCUT2D eigenvalue weighted by atomic mass is 10.0. The first-order valence-corrected chi connectivity index (χ1v) is 26.9. The van der Waals surface area contributed by atoms with E-state index in [1.54, 1.807) is 0 Å². The number of quaternary nitrogens is 1. The Morgan fingerprint density at radius 1 is 0.500 bits per heavy atom. The lowest BCUT2D eigenvalue weighted by Gasteiger charge is -2.26. The van der Waals surface area contributed by atoms with Gasteiger partial charge in [0.25, 0.3) is 7.82 Å². The normalized spacial score (nSPS) is 13.7. The molecule has 0 aliphatic rings. The third kappa shape index (κ3) is 44.6. The van der Waals surface area contributed by atoms with Crippen LogP contribution in [0.4, 0.5) is 0 Å². The minimum absolute atomic E-state index is 0.134. The molecule has 0 amide bonds. The van der Waals surface area contributed by atoms with E-state index in [-0.39, 0.29) is 19.4 Å². The molecule has 0 rings (SSSR count). The number of esters is 2. The summed E-state index contributed by atoms with van der Waals surface area (Å²) in [5.74, 6) is -2.58. The van der Waals surface area contributed by atoms with Gasteiger partial charge in [-0.3, -0.25) is 14.2 Å². The maximum Gasteiger partial charge on any atom is 0.306 e. The molecule has 0 bridgehead atoms. The van der Waals surface area contributed by atoms with Crippen molar-refractivity contribution in [3.8, 4) is 0 Å². The number of hydrogen-bond acceptors (Lipinski definition) is 10. The molecule has 0 aromatic heterocycles. The van der Waals surface area contributed by atoms with Crippen LogP contribution in [0, 0.1) is 0 Å². The van der Waals surface area contributed by atoms with E-state index in [9.17, 15) is 28.9 Å². The van der Waals surface area contributed by atoms with Crippen molar-refractivity contribution in [2.45, 2.75) is 257 Å². The number of ether oxygens (including phenoxy) is 2. The van der Waals surface area contributed by atoms with Gasteiger partial charge in [0.05, 0.1) is 6.61 Å². The fourth-order valence-electron chi connectivity index (χ4n) is 7.22. The first-order chi connectivity index (χ1) is 30.1. The molecular formula is C50H93NO10P-. The van der Waals surface area contributed by atoms with Gasteiger partial charge in [0, 0.05) is 12.8 Å². The summed E-state index contributed by atoms with van der Waals surface area (Å²) in [6, 6.07) is -1.42. The van der Waals surface area contributed by atoms with Crippen molar-refractivity contribution in [1.29, 1.82) is 0 Å². The Morgan fingerprint density at radius 3 is 1.29 bits per heavy atom. The molecule has 364 valence electrons. The van der Waals surface area contributed by atoms with Gasteiger partial charge in [-0.15, -0.1) is 0 Å². The molecule has 0 heterocycles. The quantitative estimate of drug-likeness (QED) is 0.0267. The first kappa shape index (κ1) is 60.0. The second kappa shape index (κ2) is 45.5. The Bertz CT molecular complexity index is 1150. The van der Waals surface area contributed by atoms with Crippen LogP contribution in [0.5, 0.6) is 0 Å². The van der Waals surface area contributed by atoms with Gasteiger partial charge in [0.2, 0.25) is 0 Å². The Kier molecular flexibility index (Phi) is 44.0. The molecule has 0 aromatic carbocycles. The van der Waals surface area contributed by atoms with E-state index in [1.165, 1.54) is 141 Å². The van der Waals surface area contributed by atoms with Gasteiger partial charge in [-0.1, -0.05) is 212 Å². The molecule has 0 saturated carbocycles. The van der Waals surface area contributed by atoms with Crippen LogP contribution in [0.25, 0.3) is 0 Å². The van der Waals surface area contributed by atoms with Crippen LogP contribution in [-0.2, 0) is 37.5 Å². The van der Waals surface area contributed by atoms with Crippen molar-refractivity contribution in [2.75, 3.05) is 19.8 Å². The van der Waals surface area contributed by atoms with Crippen LogP contribution in [0.3, 0.4) is 0 Å². The van der Waals surface area contributed by atoms with Gasteiger partial charge in [0.15, 0.2) is 6.10 Å². The predicted octanol–water partition coefficient (Wildman–Crippen LogP) is 11.5. The molecule has 0 saturated heterocycles. The Labute approximate surface area is 379 Å². The number of carbonyl (C=O) groups excluding carboxylic acids is 3. The summed E-state index contributed by atoms with van der Waals surface area (Å²) in [7, 11) is -4.96.